The first-order valence-electron chi connectivity index (χ1n) is 5.78. The molecule has 0 amide bonds. The molecule has 1 aliphatic heterocycles. The van der Waals surface area contributed by atoms with Crippen molar-refractivity contribution in [3.8, 4) is 0 Å². The van der Waals surface area contributed by atoms with Gasteiger partial charge >= 0.3 is 0 Å². The Morgan fingerprint density at radius 3 is 2.50 bits per heavy atom. The fourth-order valence-electron chi connectivity index (χ4n) is 1.87. The first-order valence-corrected chi connectivity index (χ1v) is 8.02. The molecule has 1 unspecified atom stereocenters. The Morgan fingerprint density at radius 2 is 2.00 bits per heavy atom. The van der Waals surface area contributed by atoms with Gasteiger partial charge < -0.3 is 15.6 Å². The fraction of sp³-hybridized carbons (Fsp3) is 0.455. The second kappa shape index (κ2) is 5.67. The smallest absolute Gasteiger partial charge is 0.243 e. The van der Waals surface area contributed by atoms with Crippen molar-refractivity contribution in [2.45, 2.75) is 16.9 Å². The maximum Gasteiger partial charge on any atom is 0.243 e. The van der Waals surface area contributed by atoms with Gasteiger partial charge in [-0.05, 0) is 12.1 Å². The first kappa shape index (κ1) is 15.8. The molecule has 1 atom stereocenters. The molecule has 0 aromatic heterocycles. The van der Waals surface area contributed by atoms with Gasteiger partial charge in [0, 0.05) is 25.3 Å². The van der Waals surface area contributed by atoms with Crippen LogP contribution in [0, 0.1) is 0 Å². The van der Waals surface area contributed by atoms with Crippen molar-refractivity contribution in [2.75, 3.05) is 25.5 Å². The highest BCUT2D eigenvalue weighted by molar-refractivity contribution is 7.89. The summed E-state index contributed by atoms with van der Waals surface area (Å²) in [5, 5.41) is 9.90. The molecule has 9 heteroatoms. The molecule has 4 N–H and O–H groups in total. The van der Waals surface area contributed by atoms with Crippen LogP contribution in [0.5, 0.6) is 0 Å². The first-order chi connectivity index (χ1) is 9.23. The third-order valence-electron chi connectivity index (χ3n) is 2.96. The number of nitrogen functional groups attached to an aromatic ring is 1. The predicted molar refractivity (Wildman–Crippen MR) is 76.4 cm³/mol. The summed E-state index contributed by atoms with van der Waals surface area (Å²) in [6.45, 7) is 0.298. The Hall–Kier alpha value is -0.570. The van der Waals surface area contributed by atoms with Gasteiger partial charge in [-0.15, -0.1) is 0 Å². The van der Waals surface area contributed by atoms with Crippen molar-refractivity contribution >= 4 is 38.9 Å². The van der Waals surface area contributed by atoms with Crippen LogP contribution in [0.2, 0.25) is 10.0 Å². The van der Waals surface area contributed by atoms with Crippen LogP contribution in [-0.4, -0.2) is 38.9 Å². The van der Waals surface area contributed by atoms with E-state index < -0.39 is 15.6 Å². The molecule has 1 heterocycles. The second-order valence-corrected chi connectivity index (χ2v) is 7.18. The van der Waals surface area contributed by atoms with Crippen LogP contribution in [0.3, 0.4) is 0 Å². The summed E-state index contributed by atoms with van der Waals surface area (Å²) in [7, 11) is -3.95. The van der Waals surface area contributed by atoms with E-state index in [-0.39, 0.29) is 33.8 Å². The molecule has 0 radical (unpaired) electrons. The molecule has 1 aromatic rings. The van der Waals surface area contributed by atoms with Crippen molar-refractivity contribution in [3.05, 3.63) is 22.2 Å². The zero-order chi connectivity index (χ0) is 15.0. The lowest BCUT2D eigenvalue weighted by Gasteiger charge is -2.21. The highest BCUT2D eigenvalue weighted by atomic mass is 35.5. The summed E-state index contributed by atoms with van der Waals surface area (Å²) in [4.78, 5) is -0.252. The van der Waals surface area contributed by atoms with Crippen LogP contribution in [0.4, 0.5) is 5.69 Å². The Kier molecular flexibility index (Phi) is 4.48. The lowest BCUT2D eigenvalue weighted by atomic mass is 10.1. The van der Waals surface area contributed by atoms with Gasteiger partial charge in [0.2, 0.25) is 10.0 Å². The Labute approximate surface area is 126 Å². The molecule has 0 bridgehead atoms. The molecular weight excluding hydrogens is 327 g/mol. The lowest BCUT2D eigenvalue weighted by molar-refractivity contribution is 0.0314. The molecule has 1 fully saturated rings. The molecule has 2 rings (SSSR count). The number of nitrogens with one attached hydrogen (secondary N) is 1. The summed E-state index contributed by atoms with van der Waals surface area (Å²) >= 11 is 11.8. The largest absolute Gasteiger partial charge is 0.399 e. The topological polar surface area (TPSA) is 102 Å². The van der Waals surface area contributed by atoms with Crippen LogP contribution in [0.15, 0.2) is 17.0 Å². The van der Waals surface area contributed by atoms with Gasteiger partial charge in [0.1, 0.15) is 10.5 Å². The number of sulfonamides is 1. The molecule has 0 aliphatic carbocycles. The van der Waals surface area contributed by atoms with Gasteiger partial charge in [-0.25, -0.2) is 13.1 Å². The van der Waals surface area contributed by atoms with Gasteiger partial charge in [-0.2, -0.15) is 0 Å². The average molecular weight is 341 g/mol. The average Bonchev–Trinajstić information content (AvgIpc) is 2.73. The molecular formula is C11H14Cl2N2O4S. The van der Waals surface area contributed by atoms with E-state index in [1.165, 1.54) is 12.1 Å². The minimum Gasteiger partial charge on any atom is -0.399 e. The number of benzene rings is 1. The number of ether oxygens (including phenoxy) is 1. The summed E-state index contributed by atoms with van der Waals surface area (Å²) in [5.41, 5.74) is 4.58. The summed E-state index contributed by atoms with van der Waals surface area (Å²) < 4.78 is 31.8. The quantitative estimate of drug-likeness (QED) is 0.710. The van der Waals surface area contributed by atoms with Gasteiger partial charge in [0.05, 0.1) is 16.7 Å². The number of aliphatic hydroxyl groups is 1. The van der Waals surface area contributed by atoms with E-state index in [4.69, 9.17) is 33.7 Å². The van der Waals surface area contributed by atoms with E-state index in [2.05, 4.69) is 4.72 Å². The molecule has 6 nitrogen and oxygen atoms in total. The number of hydrogen-bond donors (Lipinski definition) is 3. The Bertz CT molecular complexity index is 592. The third kappa shape index (κ3) is 3.36. The zero-order valence-electron chi connectivity index (χ0n) is 10.4. The zero-order valence-corrected chi connectivity index (χ0v) is 12.7. The molecule has 1 aliphatic rings. The number of halogens is 2. The summed E-state index contributed by atoms with van der Waals surface area (Å²) in [5.74, 6) is 0. The monoisotopic (exact) mass is 340 g/mol. The predicted octanol–water partition coefficient (Wildman–Crippen LogP) is 1.01. The maximum absolute atomic E-state index is 12.2. The number of nitrogens with two attached hydrogens (primary N) is 1. The van der Waals surface area contributed by atoms with Crippen LogP contribution >= 0.6 is 23.2 Å². The SMILES string of the molecule is Nc1cc(Cl)c(S(=O)(=O)NCC2(O)CCOC2)c(Cl)c1. The van der Waals surface area contributed by atoms with Crippen LogP contribution in [0.1, 0.15) is 6.42 Å². The van der Waals surface area contributed by atoms with Gasteiger partial charge in [-0.3, -0.25) is 0 Å². The van der Waals surface area contributed by atoms with Crippen molar-refractivity contribution in [1.82, 2.24) is 4.72 Å². The van der Waals surface area contributed by atoms with Gasteiger partial charge in [0.25, 0.3) is 0 Å². The Balaban J connectivity index is 2.23. The summed E-state index contributed by atoms with van der Waals surface area (Å²) in [6.07, 6.45) is 0.360. The molecule has 1 saturated heterocycles. The highest BCUT2D eigenvalue weighted by Gasteiger charge is 2.34. The Morgan fingerprint density at radius 1 is 1.40 bits per heavy atom. The standard InChI is InChI=1S/C11H14Cl2N2O4S/c12-8-3-7(14)4-9(13)10(8)20(17,18)15-5-11(16)1-2-19-6-11/h3-4,15-16H,1-2,5-6,14H2. The van der Waals surface area contributed by atoms with E-state index in [9.17, 15) is 13.5 Å². The van der Waals surface area contributed by atoms with Crippen molar-refractivity contribution < 1.29 is 18.3 Å². The van der Waals surface area contributed by atoms with Crippen LogP contribution < -0.4 is 10.5 Å². The van der Waals surface area contributed by atoms with Gasteiger partial charge in [0.15, 0.2) is 0 Å². The maximum atomic E-state index is 12.2. The number of anilines is 1. The van der Waals surface area contributed by atoms with E-state index in [1.807, 2.05) is 0 Å². The van der Waals surface area contributed by atoms with Crippen molar-refractivity contribution in [2.24, 2.45) is 0 Å². The minimum atomic E-state index is -3.95. The minimum absolute atomic E-state index is 0.0721. The highest BCUT2D eigenvalue weighted by Crippen LogP contribution is 2.32. The third-order valence-corrected chi connectivity index (χ3v) is 5.29. The summed E-state index contributed by atoms with van der Waals surface area (Å²) in [6, 6.07) is 2.60. The molecule has 112 valence electrons. The molecule has 20 heavy (non-hydrogen) atoms. The molecule has 1 aromatic carbocycles. The second-order valence-electron chi connectivity index (χ2n) is 4.67. The number of rotatable bonds is 4. The molecule has 0 saturated carbocycles. The van der Waals surface area contributed by atoms with Crippen LogP contribution in [0.25, 0.3) is 0 Å². The van der Waals surface area contributed by atoms with E-state index in [1.54, 1.807) is 0 Å². The normalized spacial score (nSPS) is 23.1. The van der Waals surface area contributed by atoms with Crippen molar-refractivity contribution in [1.29, 1.82) is 0 Å². The van der Waals surface area contributed by atoms with E-state index >= 15 is 0 Å². The van der Waals surface area contributed by atoms with E-state index in [0.29, 0.717) is 13.0 Å². The van der Waals surface area contributed by atoms with Crippen LogP contribution in [-0.2, 0) is 14.8 Å². The van der Waals surface area contributed by atoms with Crippen molar-refractivity contribution in [3.63, 3.8) is 0 Å². The number of hydrogen-bond acceptors (Lipinski definition) is 5. The van der Waals surface area contributed by atoms with Gasteiger partial charge in [-0.1, -0.05) is 23.2 Å². The van der Waals surface area contributed by atoms with E-state index in [0.717, 1.165) is 0 Å². The lowest BCUT2D eigenvalue weighted by Crippen LogP contribution is -2.43. The fourth-order valence-corrected chi connectivity index (χ4v) is 4.22. The molecule has 0 spiro atoms.